The van der Waals surface area contributed by atoms with Crippen LogP contribution < -0.4 is 4.74 Å². The van der Waals surface area contributed by atoms with E-state index in [0.717, 1.165) is 16.9 Å². The summed E-state index contributed by atoms with van der Waals surface area (Å²) in [7, 11) is -2.89. The molecule has 5 nitrogen and oxygen atoms in total. The van der Waals surface area contributed by atoms with Gasteiger partial charge in [-0.2, -0.15) is 0 Å². The number of likely N-dealkylation sites (tertiary alicyclic amines) is 1. The minimum atomic E-state index is -2.89. The van der Waals surface area contributed by atoms with Crippen molar-refractivity contribution in [3.63, 3.8) is 0 Å². The van der Waals surface area contributed by atoms with Gasteiger partial charge in [0.05, 0.1) is 11.5 Å². The zero-order chi connectivity index (χ0) is 15.9. The zero-order valence-electron chi connectivity index (χ0n) is 12.9. The molecule has 0 bridgehead atoms. The first kappa shape index (κ1) is 15.3. The van der Waals surface area contributed by atoms with Crippen molar-refractivity contribution in [2.75, 3.05) is 31.2 Å². The Hall–Kier alpha value is -1.56. The van der Waals surface area contributed by atoms with E-state index in [1.54, 1.807) is 4.90 Å². The van der Waals surface area contributed by atoms with Crippen molar-refractivity contribution in [3.8, 4) is 5.75 Å². The summed E-state index contributed by atoms with van der Waals surface area (Å²) in [5.41, 5.74) is 2.09. The smallest absolute Gasteiger partial charge is 0.260 e. The number of amides is 1. The maximum atomic E-state index is 12.3. The van der Waals surface area contributed by atoms with Gasteiger partial charge >= 0.3 is 0 Å². The highest BCUT2D eigenvalue weighted by molar-refractivity contribution is 7.91. The highest BCUT2D eigenvalue weighted by atomic mass is 32.2. The van der Waals surface area contributed by atoms with Crippen molar-refractivity contribution in [1.82, 2.24) is 4.90 Å². The van der Waals surface area contributed by atoms with Gasteiger partial charge in [-0.1, -0.05) is 12.1 Å². The maximum Gasteiger partial charge on any atom is 0.260 e. The molecule has 0 N–H and O–H groups in total. The van der Waals surface area contributed by atoms with Crippen molar-refractivity contribution < 1.29 is 17.9 Å². The maximum absolute atomic E-state index is 12.3. The van der Waals surface area contributed by atoms with Crippen molar-refractivity contribution in [2.24, 2.45) is 11.8 Å². The molecule has 3 rings (SSSR count). The third kappa shape index (κ3) is 3.11. The number of sulfone groups is 1. The van der Waals surface area contributed by atoms with Gasteiger partial charge in [0.2, 0.25) is 0 Å². The summed E-state index contributed by atoms with van der Waals surface area (Å²) in [4.78, 5) is 14.0. The number of aryl methyl sites for hydroxylation is 2. The fraction of sp³-hybridized carbons (Fsp3) is 0.562. The van der Waals surface area contributed by atoms with E-state index in [9.17, 15) is 13.2 Å². The predicted molar refractivity (Wildman–Crippen MR) is 83.6 cm³/mol. The first-order valence-electron chi connectivity index (χ1n) is 7.52. The number of rotatable bonds is 3. The Labute approximate surface area is 131 Å². The predicted octanol–water partition coefficient (Wildman–Crippen LogP) is 1.19. The molecule has 0 radical (unpaired) electrons. The molecular weight excluding hydrogens is 302 g/mol. The molecule has 0 aliphatic carbocycles. The minimum absolute atomic E-state index is 0.0104. The third-order valence-corrected chi connectivity index (χ3v) is 6.43. The molecule has 2 saturated heterocycles. The second kappa shape index (κ2) is 5.57. The molecule has 1 aromatic carbocycles. The van der Waals surface area contributed by atoms with Crippen LogP contribution in [0.25, 0.3) is 0 Å². The molecule has 6 heteroatoms. The van der Waals surface area contributed by atoms with E-state index in [0.29, 0.717) is 13.1 Å². The van der Waals surface area contributed by atoms with Crippen LogP contribution in [-0.4, -0.2) is 50.4 Å². The minimum Gasteiger partial charge on any atom is -0.483 e. The monoisotopic (exact) mass is 323 g/mol. The topological polar surface area (TPSA) is 63.7 Å². The molecule has 2 heterocycles. The number of fused-ring (bicyclic) bond motifs is 1. The number of hydrogen-bond donors (Lipinski definition) is 0. The highest BCUT2D eigenvalue weighted by Gasteiger charge is 2.44. The molecule has 0 saturated carbocycles. The standard InChI is InChI=1S/C16H21NO4S/c1-11-3-4-12(2)15(5-11)21-8-16(18)17-6-13-9-22(19,20)10-14(13)7-17/h3-5,13-14H,6-10H2,1-2H3/t13-,14+. The van der Waals surface area contributed by atoms with Crippen molar-refractivity contribution >= 4 is 15.7 Å². The number of nitrogens with zero attached hydrogens (tertiary/aromatic N) is 1. The molecule has 2 fully saturated rings. The molecule has 2 aliphatic rings. The van der Waals surface area contributed by atoms with Crippen LogP contribution >= 0.6 is 0 Å². The van der Waals surface area contributed by atoms with Crippen LogP contribution in [0.4, 0.5) is 0 Å². The molecule has 1 aromatic rings. The quantitative estimate of drug-likeness (QED) is 0.838. The molecule has 0 aromatic heterocycles. The summed E-state index contributed by atoms with van der Waals surface area (Å²) < 4.78 is 28.8. The van der Waals surface area contributed by atoms with Crippen molar-refractivity contribution in [3.05, 3.63) is 29.3 Å². The molecule has 2 aliphatic heterocycles. The summed E-state index contributed by atoms with van der Waals surface area (Å²) in [5.74, 6) is 1.32. The summed E-state index contributed by atoms with van der Waals surface area (Å²) in [6, 6.07) is 5.90. The number of benzene rings is 1. The Morgan fingerprint density at radius 2 is 1.86 bits per heavy atom. The lowest BCUT2D eigenvalue weighted by Crippen LogP contribution is -2.34. The SMILES string of the molecule is Cc1ccc(C)c(OCC(=O)N2C[C@@H]3CS(=O)(=O)C[C@@H]3C2)c1. The number of carbonyl (C=O) groups is 1. The summed E-state index contributed by atoms with van der Waals surface area (Å²) in [6.45, 7) is 5.02. The van der Waals surface area contributed by atoms with Gasteiger partial charge in [-0.25, -0.2) is 8.42 Å². The lowest BCUT2D eigenvalue weighted by molar-refractivity contribution is -0.132. The average Bonchev–Trinajstić information content (AvgIpc) is 2.93. The van der Waals surface area contributed by atoms with Crippen molar-refractivity contribution in [1.29, 1.82) is 0 Å². The fourth-order valence-electron chi connectivity index (χ4n) is 3.33. The summed E-state index contributed by atoms with van der Waals surface area (Å²) in [6.07, 6.45) is 0. The Morgan fingerprint density at radius 1 is 1.23 bits per heavy atom. The van der Waals surface area contributed by atoms with Gasteiger partial charge in [0, 0.05) is 13.1 Å². The van der Waals surface area contributed by atoms with Crippen LogP contribution in [0.5, 0.6) is 5.75 Å². The zero-order valence-corrected chi connectivity index (χ0v) is 13.7. The Morgan fingerprint density at radius 3 is 2.50 bits per heavy atom. The second-order valence-electron chi connectivity index (χ2n) is 6.45. The number of ether oxygens (including phenoxy) is 1. The number of carbonyl (C=O) groups excluding carboxylic acids is 1. The lowest BCUT2D eigenvalue weighted by Gasteiger charge is -2.18. The molecule has 0 unspecified atom stereocenters. The molecular formula is C16H21NO4S. The van der Waals surface area contributed by atoms with Gasteiger partial charge in [0.25, 0.3) is 5.91 Å². The molecule has 120 valence electrons. The summed E-state index contributed by atoms with van der Waals surface area (Å²) >= 11 is 0. The van der Waals surface area contributed by atoms with E-state index >= 15 is 0 Å². The van der Waals surface area contributed by atoms with Gasteiger partial charge in [0.15, 0.2) is 16.4 Å². The third-order valence-electron chi connectivity index (χ3n) is 4.56. The van der Waals surface area contributed by atoms with E-state index in [1.807, 2.05) is 32.0 Å². The van der Waals surface area contributed by atoms with E-state index in [-0.39, 0.29) is 35.9 Å². The Kier molecular flexibility index (Phi) is 3.89. The Bertz CT molecular complexity index is 678. The van der Waals surface area contributed by atoms with Crippen LogP contribution in [-0.2, 0) is 14.6 Å². The van der Waals surface area contributed by atoms with Gasteiger partial charge in [0.1, 0.15) is 5.75 Å². The van der Waals surface area contributed by atoms with Gasteiger partial charge < -0.3 is 9.64 Å². The average molecular weight is 323 g/mol. The molecule has 2 atom stereocenters. The first-order valence-corrected chi connectivity index (χ1v) is 9.34. The van der Waals surface area contributed by atoms with Crippen LogP contribution in [0.3, 0.4) is 0 Å². The molecule has 0 spiro atoms. The molecule has 1 amide bonds. The number of hydrogen-bond acceptors (Lipinski definition) is 4. The normalized spacial score (nSPS) is 26.0. The van der Waals surface area contributed by atoms with E-state index in [2.05, 4.69) is 0 Å². The largest absolute Gasteiger partial charge is 0.483 e. The van der Waals surface area contributed by atoms with Crippen LogP contribution in [0.2, 0.25) is 0 Å². The van der Waals surface area contributed by atoms with E-state index < -0.39 is 9.84 Å². The fourth-order valence-corrected chi connectivity index (χ4v) is 5.53. The van der Waals surface area contributed by atoms with Crippen molar-refractivity contribution in [2.45, 2.75) is 13.8 Å². The second-order valence-corrected chi connectivity index (χ2v) is 8.61. The Balaban J connectivity index is 1.57. The van der Waals surface area contributed by atoms with Crippen LogP contribution in [0.1, 0.15) is 11.1 Å². The van der Waals surface area contributed by atoms with Gasteiger partial charge in [-0.3, -0.25) is 4.79 Å². The first-order chi connectivity index (χ1) is 10.3. The van der Waals surface area contributed by atoms with E-state index in [4.69, 9.17) is 4.74 Å². The van der Waals surface area contributed by atoms with Gasteiger partial charge in [-0.05, 0) is 42.9 Å². The van der Waals surface area contributed by atoms with Crippen LogP contribution in [0.15, 0.2) is 18.2 Å². The lowest BCUT2D eigenvalue weighted by atomic mass is 10.0. The van der Waals surface area contributed by atoms with E-state index in [1.165, 1.54) is 0 Å². The molecule has 22 heavy (non-hydrogen) atoms. The van der Waals surface area contributed by atoms with Crippen LogP contribution in [0, 0.1) is 25.7 Å². The van der Waals surface area contributed by atoms with Gasteiger partial charge in [-0.15, -0.1) is 0 Å². The highest BCUT2D eigenvalue weighted by Crippen LogP contribution is 2.32. The summed E-state index contributed by atoms with van der Waals surface area (Å²) in [5, 5.41) is 0.